The van der Waals surface area contributed by atoms with Crippen LogP contribution in [-0.4, -0.2) is 25.3 Å². The second-order valence-electron chi connectivity index (χ2n) is 2.25. The van der Waals surface area contributed by atoms with Gasteiger partial charge in [-0.2, -0.15) is 0 Å². The second kappa shape index (κ2) is 2.68. The number of carbonyl (C=O) groups is 1. The Labute approximate surface area is 59.2 Å². The quantitative estimate of drug-likeness (QED) is 0.549. The van der Waals surface area contributed by atoms with Gasteiger partial charge in [-0.05, 0) is 0 Å². The first-order valence-electron chi connectivity index (χ1n) is 3.16. The van der Waals surface area contributed by atoms with Gasteiger partial charge in [0.05, 0.1) is 6.21 Å². The minimum absolute atomic E-state index is 0.0833. The van der Waals surface area contributed by atoms with Crippen molar-refractivity contribution in [1.29, 1.82) is 0 Å². The van der Waals surface area contributed by atoms with E-state index in [2.05, 4.69) is 10.5 Å². The Hall–Kier alpha value is -1.06. The van der Waals surface area contributed by atoms with E-state index in [1.807, 2.05) is 6.92 Å². The third-order valence-corrected chi connectivity index (χ3v) is 1.45. The van der Waals surface area contributed by atoms with Crippen LogP contribution in [0, 0.1) is 5.92 Å². The van der Waals surface area contributed by atoms with Gasteiger partial charge in [-0.3, -0.25) is 4.79 Å². The number of oxime groups is 1. The van der Waals surface area contributed by atoms with E-state index in [0.29, 0.717) is 0 Å². The molecule has 4 heteroatoms. The molecule has 0 saturated heterocycles. The van der Waals surface area contributed by atoms with Crippen LogP contribution in [0.5, 0.6) is 0 Å². The monoisotopic (exact) mass is 142 g/mol. The number of amides is 1. The number of nitrogens with zero attached hydrogens (tertiary/aromatic N) is 1. The summed E-state index contributed by atoms with van der Waals surface area (Å²) in [6.07, 6.45) is 1.20. The summed E-state index contributed by atoms with van der Waals surface area (Å²) in [4.78, 5) is 15.7. The van der Waals surface area contributed by atoms with E-state index in [0.717, 1.165) is 0 Å². The van der Waals surface area contributed by atoms with Gasteiger partial charge in [0.1, 0.15) is 0 Å². The van der Waals surface area contributed by atoms with Gasteiger partial charge in [0.15, 0.2) is 0 Å². The van der Waals surface area contributed by atoms with Gasteiger partial charge in [0, 0.05) is 13.0 Å². The number of likely N-dealkylation sites (N-methyl/N-ethyl adjacent to an activating group) is 1. The van der Waals surface area contributed by atoms with Crippen molar-refractivity contribution in [2.45, 2.75) is 13.0 Å². The zero-order chi connectivity index (χ0) is 7.56. The molecule has 1 aliphatic rings. The number of carbonyl (C=O) groups excluding carboxylic acids is 1. The van der Waals surface area contributed by atoms with Crippen LogP contribution in [0.2, 0.25) is 0 Å². The normalized spacial score (nSPS) is 29.8. The number of nitrogens with one attached hydrogen (secondary N) is 1. The van der Waals surface area contributed by atoms with E-state index in [1.54, 1.807) is 13.3 Å². The minimum atomic E-state index is -0.426. The molecule has 56 valence electrons. The molecule has 0 saturated carbocycles. The van der Waals surface area contributed by atoms with Gasteiger partial charge in [0.2, 0.25) is 6.10 Å². The maximum absolute atomic E-state index is 10.9. The Kier molecular flexibility index (Phi) is 1.89. The van der Waals surface area contributed by atoms with E-state index in [9.17, 15) is 4.79 Å². The van der Waals surface area contributed by atoms with Crippen molar-refractivity contribution in [3.8, 4) is 0 Å². The molecular weight excluding hydrogens is 132 g/mol. The lowest BCUT2D eigenvalue weighted by atomic mass is 10.1. The van der Waals surface area contributed by atoms with Crippen LogP contribution in [0.3, 0.4) is 0 Å². The maximum atomic E-state index is 10.9. The Bertz CT molecular complexity index is 167. The highest BCUT2D eigenvalue weighted by atomic mass is 16.6. The van der Waals surface area contributed by atoms with E-state index >= 15 is 0 Å². The standard InChI is InChI=1S/C6H10N2O2/c1-4-3-8-10-5(4)6(9)7-2/h3-5H,1-2H3,(H,7,9). The van der Waals surface area contributed by atoms with E-state index in [-0.39, 0.29) is 11.8 Å². The molecule has 0 aromatic rings. The third-order valence-electron chi connectivity index (χ3n) is 1.45. The molecule has 4 nitrogen and oxygen atoms in total. The zero-order valence-electron chi connectivity index (χ0n) is 6.00. The minimum Gasteiger partial charge on any atom is -0.382 e. The summed E-state index contributed by atoms with van der Waals surface area (Å²) in [5.41, 5.74) is 0. The zero-order valence-corrected chi connectivity index (χ0v) is 6.00. The third kappa shape index (κ3) is 1.10. The Balaban J connectivity index is 2.51. The molecular formula is C6H10N2O2. The molecule has 0 spiro atoms. The van der Waals surface area contributed by atoms with Crippen molar-refractivity contribution in [2.24, 2.45) is 11.1 Å². The van der Waals surface area contributed by atoms with Crippen molar-refractivity contribution >= 4 is 12.1 Å². The fourth-order valence-corrected chi connectivity index (χ4v) is 0.800. The molecule has 10 heavy (non-hydrogen) atoms. The highest BCUT2D eigenvalue weighted by molar-refractivity contribution is 5.85. The second-order valence-corrected chi connectivity index (χ2v) is 2.25. The van der Waals surface area contributed by atoms with Crippen LogP contribution in [-0.2, 0) is 9.63 Å². The summed E-state index contributed by atoms with van der Waals surface area (Å²) in [6.45, 7) is 1.89. The van der Waals surface area contributed by atoms with Crippen molar-refractivity contribution in [1.82, 2.24) is 5.32 Å². The summed E-state index contributed by atoms with van der Waals surface area (Å²) in [5, 5.41) is 6.02. The molecule has 1 amide bonds. The molecule has 1 heterocycles. The SMILES string of the molecule is CNC(=O)C1ON=CC1C. The smallest absolute Gasteiger partial charge is 0.264 e. The first kappa shape index (κ1) is 7.05. The molecule has 0 aromatic carbocycles. The molecule has 0 bridgehead atoms. The first-order chi connectivity index (χ1) is 4.75. The topological polar surface area (TPSA) is 50.7 Å². The van der Waals surface area contributed by atoms with E-state index < -0.39 is 6.10 Å². The number of rotatable bonds is 1. The van der Waals surface area contributed by atoms with Crippen LogP contribution in [0.15, 0.2) is 5.16 Å². The summed E-state index contributed by atoms with van der Waals surface area (Å²) in [5.74, 6) is -0.0371. The maximum Gasteiger partial charge on any atom is 0.264 e. The number of hydrogen-bond acceptors (Lipinski definition) is 3. The Morgan fingerprint density at radius 2 is 2.50 bits per heavy atom. The highest BCUT2D eigenvalue weighted by Crippen LogP contribution is 2.11. The predicted molar refractivity (Wildman–Crippen MR) is 36.6 cm³/mol. The number of hydrogen-bond donors (Lipinski definition) is 1. The average molecular weight is 142 g/mol. The summed E-state index contributed by atoms with van der Waals surface area (Å²) >= 11 is 0. The molecule has 2 atom stereocenters. The predicted octanol–water partition coefficient (Wildman–Crippen LogP) is -0.247. The van der Waals surface area contributed by atoms with Crippen LogP contribution >= 0.6 is 0 Å². The van der Waals surface area contributed by atoms with Gasteiger partial charge >= 0.3 is 0 Å². The first-order valence-corrected chi connectivity index (χ1v) is 3.16. The fourth-order valence-electron chi connectivity index (χ4n) is 0.800. The van der Waals surface area contributed by atoms with Crippen molar-refractivity contribution in [3.63, 3.8) is 0 Å². The van der Waals surface area contributed by atoms with Gasteiger partial charge < -0.3 is 10.2 Å². The van der Waals surface area contributed by atoms with Crippen LogP contribution in [0.25, 0.3) is 0 Å². The summed E-state index contributed by atoms with van der Waals surface area (Å²) in [7, 11) is 1.58. The molecule has 1 N–H and O–H groups in total. The Morgan fingerprint density at radius 3 is 2.90 bits per heavy atom. The van der Waals surface area contributed by atoms with Crippen LogP contribution < -0.4 is 5.32 Å². The van der Waals surface area contributed by atoms with Crippen molar-refractivity contribution in [3.05, 3.63) is 0 Å². The van der Waals surface area contributed by atoms with Crippen molar-refractivity contribution in [2.75, 3.05) is 7.05 Å². The van der Waals surface area contributed by atoms with Gasteiger partial charge in [-0.1, -0.05) is 12.1 Å². The highest BCUT2D eigenvalue weighted by Gasteiger charge is 2.28. The van der Waals surface area contributed by atoms with Gasteiger partial charge in [0.25, 0.3) is 5.91 Å². The molecule has 1 rings (SSSR count). The van der Waals surface area contributed by atoms with E-state index in [4.69, 9.17) is 4.84 Å². The van der Waals surface area contributed by atoms with Crippen LogP contribution in [0.4, 0.5) is 0 Å². The molecule has 0 aliphatic carbocycles. The molecule has 2 unspecified atom stereocenters. The lowest BCUT2D eigenvalue weighted by molar-refractivity contribution is -0.132. The molecule has 0 aromatic heterocycles. The molecule has 0 fully saturated rings. The lowest BCUT2D eigenvalue weighted by Crippen LogP contribution is -2.35. The molecule has 0 radical (unpaired) electrons. The fraction of sp³-hybridized carbons (Fsp3) is 0.667. The molecule has 1 aliphatic heterocycles. The van der Waals surface area contributed by atoms with Gasteiger partial charge in [-0.15, -0.1) is 0 Å². The van der Waals surface area contributed by atoms with Gasteiger partial charge in [-0.25, -0.2) is 0 Å². The summed E-state index contributed by atoms with van der Waals surface area (Å²) in [6, 6.07) is 0. The largest absolute Gasteiger partial charge is 0.382 e. The Morgan fingerprint density at radius 1 is 1.80 bits per heavy atom. The average Bonchev–Trinajstić information content (AvgIpc) is 2.34. The summed E-state index contributed by atoms with van der Waals surface area (Å²) < 4.78 is 0. The lowest BCUT2D eigenvalue weighted by Gasteiger charge is -2.09. The van der Waals surface area contributed by atoms with E-state index in [1.165, 1.54) is 0 Å². The van der Waals surface area contributed by atoms with Crippen molar-refractivity contribution < 1.29 is 9.63 Å². The van der Waals surface area contributed by atoms with Crippen LogP contribution in [0.1, 0.15) is 6.92 Å².